The number of ether oxygens (including phenoxy) is 1. The summed E-state index contributed by atoms with van der Waals surface area (Å²) in [6.45, 7) is 0.0306. The van der Waals surface area contributed by atoms with Crippen LogP contribution in [0.5, 0.6) is 5.88 Å². The van der Waals surface area contributed by atoms with Crippen molar-refractivity contribution in [2.24, 2.45) is 0 Å². The van der Waals surface area contributed by atoms with Crippen LogP contribution in [0.4, 0.5) is 0 Å². The third-order valence-corrected chi connectivity index (χ3v) is 4.07. The quantitative estimate of drug-likeness (QED) is 0.622. The van der Waals surface area contributed by atoms with Crippen molar-refractivity contribution in [1.29, 1.82) is 0 Å². The maximum atomic E-state index is 9.17. The smallest absolute Gasteiger partial charge is 0.212 e. The lowest BCUT2D eigenvalue weighted by Crippen LogP contribution is -1.94. The molecule has 0 unspecified atom stereocenters. The van der Waals surface area contributed by atoms with Gasteiger partial charge in [-0.1, -0.05) is 24.3 Å². The number of methoxy groups -OCH3 is 1. The highest BCUT2D eigenvalue weighted by Gasteiger charge is 2.09. The Labute approximate surface area is 144 Å². The van der Waals surface area contributed by atoms with Crippen molar-refractivity contribution in [3.8, 4) is 28.4 Å². The number of rotatable bonds is 4. The van der Waals surface area contributed by atoms with Crippen LogP contribution in [0.1, 0.15) is 5.56 Å². The Hall–Kier alpha value is -3.25. The summed E-state index contributed by atoms with van der Waals surface area (Å²) in [4.78, 5) is 13.2. The fraction of sp³-hybridized carbons (Fsp3) is 0.105. The molecule has 25 heavy (non-hydrogen) atoms. The van der Waals surface area contributed by atoms with Gasteiger partial charge in [0.05, 0.1) is 37.5 Å². The third-order valence-electron chi connectivity index (χ3n) is 4.07. The van der Waals surface area contributed by atoms with Gasteiger partial charge in [-0.3, -0.25) is 9.38 Å². The first kappa shape index (κ1) is 15.3. The van der Waals surface area contributed by atoms with E-state index in [4.69, 9.17) is 9.84 Å². The molecule has 4 aromatic rings. The van der Waals surface area contributed by atoms with Gasteiger partial charge in [0.15, 0.2) is 5.65 Å². The van der Waals surface area contributed by atoms with Gasteiger partial charge in [-0.15, -0.1) is 0 Å². The first-order valence-corrected chi connectivity index (χ1v) is 7.82. The van der Waals surface area contributed by atoms with Crippen molar-refractivity contribution in [2.75, 3.05) is 7.11 Å². The van der Waals surface area contributed by atoms with E-state index < -0.39 is 0 Å². The highest BCUT2D eigenvalue weighted by atomic mass is 16.5. The molecule has 124 valence electrons. The fourth-order valence-electron chi connectivity index (χ4n) is 2.69. The lowest BCUT2D eigenvalue weighted by molar-refractivity contribution is 0.282. The summed E-state index contributed by atoms with van der Waals surface area (Å²) in [6.07, 6.45) is 7.27. The van der Waals surface area contributed by atoms with Crippen LogP contribution < -0.4 is 4.74 Å². The lowest BCUT2D eigenvalue weighted by atomic mass is 10.1. The van der Waals surface area contributed by atoms with Gasteiger partial charge in [0.1, 0.15) is 0 Å². The number of pyridine rings is 1. The molecule has 1 N–H and O–H groups in total. The average Bonchev–Trinajstić information content (AvgIpc) is 3.11. The molecule has 0 saturated carbocycles. The van der Waals surface area contributed by atoms with Crippen molar-refractivity contribution in [3.63, 3.8) is 0 Å². The summed E-state index contributed by atoms with van der Waals surface area (Å²) in [5.74, 6) is 0.573. The highest BCUT2D eigenvalue weighted by molar-refractivity contribution is 5.66. The summed E-state index contributed by atoms with van der Waals surface area (Å²) in [6, 6.07) is 11.5. The molecule has 1 aromatic carbocycles. The standard InChI is InChI=1S/C19H16N4O2/c1-25-19-7-6-15(8-22-19)17-9-21-18-10-20-16(11-23(17)18)14-4-2-13(12-24)3-5-14/h2-11,24H,12H2,1H3. The summed E-state index contributed by atoms with van der Waals surface area (Å²) >= 11 is 0. The number of hydrogen-bond donors (Lipinski definition) is 1. The first-order chi connectivity index (χ1) is 12.3. The molecule has 0 aliphatic rings. The molecular weight excluding hydrogens is 316 g/mol. The van der Waals surface area contributed by atoms with Gasteiger partial charge in [0.2, 0.25) is 5.88 Å². The van der Waals surface area contributed by atoms with Gasteiger partial charge in [-0.25, -0.2) is 9.97 Å². The molecule has 3 aromatic heterocycles. The largest absolute Gasteiger partial charge is 0.481 e. The van der Waals surface area contributed by atoms with E-state index in [1.807, 2.05) is 47.0 Å². The van der Waals surface area contributed by atoms with E-state index >= 15 is 0 Å². The van der Waals surface area contributed by atoms with E-state index in [1.165, 1.54) is 0 Å². The Morgan fingerprint density at radius 3 is 2.40 bits per heavy atom. The van der Waals surface area contributed by atoms with Gasteiger partial charge in [-0.05, 0) is 11.6 Å². The van der Waals surface area contributed by atoms with Gasteiger partial charge in [0, 0.05) is 29.6 Å². The summed E-state index contributed by atoms with van der Waals surface area (Å²) < 4.78 is 7.10. The SMILES string of the molecule is COc1ccc(-c2cnc3cnc(-c4ccc(CO)cc4)cn23)cn1. The zero-order valence-corrected chi connectivity index (χ0v) is 13.6. The summed E-state index contributed by atoms with van der Waals surface area (Å²) in [5, 5.41) is 9.17. The second-order valence-corrected chi connectivity index (χ2v) is 5.59. The minimum Gasteiger partial charge on any atom is -0.481 e. The molecule has 0 radical (unpaired) electrons. The average molecular weight is 332 g/mol. The van der Waals surface area contributed by atoms with Gasteiger partial charge in [-0.2, -0.15) is 0 Å². The minimum absolute atomic E-state index is 0.0306. The normalized spacial score (nSPS) is 11.0. The molecule has 0 saturated heterocycles. The Bertz CT molecular complexity index is 1010. The monoisotopic (exact) mass is 332 g/mol. The van der Waals surface area contributed by atoms with E-state index in [0.717, 1.165) is 33.7 Å². The second-order valence-electron chi connectivity index (χ2n) is 5.59. The number of aromatic nitrogens is 4. The van der Waals surface area contributed by atoms with E-state index in [-0.39, 0.29) is 6.61 Å². The Morgan fingerprint density at radius 1 is 0.920 bits per heavy atom. The molecule has 0 bridgehead atoms. The van der Waals surface area contributed by atoms with Crippen LogP contribution in [0.2, 0.25) is 0 Å². The van der Waals surface area contributed by atoms with Crippen LogP contribution in [-0.4, -0.2) is 31.6 Å². The van der Waals surface area contributed by atoms with Crippen LogP contribution in [0.25, 0.3) is 28.2 Å². The number of hydrogen-bond acceptors (Lipinski definition) is 5. The van der Waals surface area contributed by atoms with Gasteiger partial charge >= 0.3 is 0 Å². The number of benzene rings is 1. The third kappa shape index (κ3) is 2.83. The molecule has 0 atom stereocenters. The van der Waals surface area contributed by atoms with Crippen molar-refractivity contribution >= 4 is 5.65 Å². The van der Waals surface area contributed by atoms with E-state index in [0.29, 0.717) is 5.88 Å². The van der Waals surface area contributed by atoms with Gasteiger partial charge < -0.3 is 9.84 Å². The Morgan fingerprint density at radius 2 is 1.72 bits per heavy atom. The van der Waals surface area contributed by atoms with Crippen LogP contribution in [0.15, 0.2) is 61.2 Å². The van der Waals surface area contributed by atoms with Crippen molar-refractivity contribution in [2.45, 2.75) is 6.61 Å². The maximum absolute atomic E-state index is 9.17. The van der Waals surface area contributed by atoms with Crippen molar-refractivity contribution < 1.29 is 9.84 Å². The molecule has 0 spiro atoms. The lowest BCUT2D eigenvalue weighted by Gasteiger charge is -2.06. The zero-order valence-electron chi connectivity index (χ0n) is 13.6. The minimum atomic E-state index is 0.0306. The maximum Gasteiger partial charge on any atom is 0.212 e. The van der Waals surface area contributed by atoms with Crippen molar-refractivity contribution in [1.82, 2.24) is 19.4 Å². The number of aliphatic hydroxyl groups is 1. The number of nitrogens with zero attached hydrogens (tertiary/aromatic N) is 4. The van der Waals surface area contributed by atoms with E-state index in [1.54, 1.807) is 25.7 Å². The van der Waals surface area contributed by atoms with Crippen LogP contribution >= 0.6 is 0 Å². The molecular formula is C19H16N4O2. The summed E-state index contributed by atoms with van der Waals surface area (Å²) in [5.41, 5.74) is 5.32. The fourth-order valence-corrected chi connectivity index (χ4v) is 2.69. The predicted molar refractivity (Wildman–Crippen MR) is 94.1 cm³/mol. The number of aliphatic hydroxyl groups excluding tert-OH is 1. The van der Waals surface area contributed by atoms with Crippen molar-refractivity contribution in [3.05, 3.63) is 66.7 Å². The van der Waals surface area contributed by atoms with Crippen LogP contribution in [0.3, 0.4) is 0 Å². The predicted octanol–water partition coefficient (Wildman–Crippen LogP) is 2.96. The topological polar surface area (TPSA) is 72.5 Å². The molecule has 6 nitrogen and oxygen atoms in total. The number of imidazole rings is 1. The Balaban J connectivity index is 1.78. The molecule has 3 heterocycles. The molecule has 6 heteroatoms. The van der Waals surface area contributed by atoms with Crippen LogP contribution in [-0.2, 0) is 6.61 Å². The molecule has 0 aliphatic heterocycles. The molecule has 0 aliphatic carbocycles. The first-order valence-electron chi connectivity index (χ1n) is 7.82. The Kier molecular flexibility index (Phi) is 3.87. The zero-order chi connectivity index (χ0) is 17.2. The molecule has 0 fully saturated rings. The van der Waals surface area contributed by atoms with E-state index in [9.17, 15) is 0 Å². The van der Waals surface area contributed by atoms with Gasteiger partial charge in [0.25, 0.3) is 0 Å². The highest BCUT2D eigenvalue weighted by Crippen LogP contribution is 2.24. The second kappa shape index (κ2) is 6.33. The molecule has 4 rings (SSSR count). The van der Waals surface area contributed by atoms with Crippen LogP contribution in [0, 0.1) is 0 Å². The van der Waals surface area contributed by atoms with E-state index in [2.05, 4.69) is 15.0 Å². The number of fused-ring (bicyclic) bond motifs is 1. The summed E-state index contributed by atoms with van der Waals surface area (Å²) in [7, 11) is 1.59. The molecule has 0 amide bonds.